The van der Waals surface area contributed by atoms with Gasteiger partial charge in [0.25, 0.3) is 5.91 Å². The number of hydrogen-bond acceptors (Lipinski definition) is 4. The van der Waals surface area contributed by atoms with Crippen molar-refractivity contribution in [3.8, 4) is 11.3 Å². The van der Waals surface area contributed by atoms with Crippen molar-refractivity contribution in [1.29, 1.82) is 0 Å². The van der Waals surface area contributed by atoms with Crippen LogP contribution in [0.4, 0.5) is 14.7 Å². The summed E-state index contributed by atoms with van der Waals surface area (Å²) < 4.78 is 32.2. The quantitative estimate of drug-likeness (QED) is 0.627. The molecule has 2 heterocycles. The summed E-state index contributed by atoms with van der Waals surface area (Å²) in [6.07, 6.45) is 1.81. The summed E-state index contributed by atoms with van der Waals surface area (Å²) in [6, 6.07) is 12.5. The second-order valence-electron chi connectivity index (χ2n) is 7.81. The van der Waals surface area contributed by atoms with Crippen molar-refractivity contribution in [3.63, 3.8) is 0 Å². The summed E-state index contributed by atoms with van der Waals surface area (Å²) in [6.45, 7) is 2.69. The van der Waals surface area contributed by atoms with E-state index in [0.29, 0.717) is 37.7 Å². The maximum absolute atomic E-state index is 13.9. The van der Waals surface area contributed by atoms with Crippen LogP contribution >= 0.6 is 0 Å². The van der Waals surface area contributed by atoms with Crippen molar-refractivity contribution in [3.05, 3.63) is 71.3 Å². The van der Waals surface area contributed by atoms with Crippen LogP contribution in [-0.2, 0) is 11.2 Å². The van der Waals surface area contributed by atoms with Gasteiger partial charge in [0.05, 0.1) is 5.56 Å². The number of nitrogens with zero attached hydrogens (tertiary/aromatic N) is 2. The molecule has 3 aromatic rings. The highest BCUT2D eigenvalue weighted by Gasteiger charge is 2.29. The van der Waals surface area contributed by atoms with Crippen LogP contribution in [0.1, 0.15) is 35.7 Å². The Kier molecular flexibility index (Phi) is 6.30. The van der Waals surface area contributed by atoms with E-state index in [4.69, 9.17) is 4.52 Å². The van der Waals surface area contributed by atoms with Gasteiger partial charge in [-0.1, -0.05) is 36.3 Å². The minimum atomic E-state index is -0.889. The molecule has 0 unspecified atom stereocenters. The van der Waals surface area contributed by atoms with Crippen molar-refractivity contribution >= 4 is 17.7 Å². The van der Waals surface area contributed by atoms with Crippen molar-refractivity contribution in [2.75, 3.05) is 18.4 Å². The molecule has 32 heavy (non-hydrogen) atoms. The second-order valence-corrected chi connectivity index (χ2v) is 7.81. The molecule has 0 atom stereocenters. The number of amides is 2. The molecule has 4 rings (SSSR count). The van der Waals surface area contributed by atoms with E-state index in [1.165, 1.54) is 10.5 Å². The first-order valence-corrected chi connectivity index (χ1v) is 10.6. The lowest BCUT2D eigenvalue weighted by Gasteiger charge is -2.31. The predicted molar refractivity (Wildman–Crippen MR) is 115 cm³/mol. The first-order chi connectivity index (χ1) is 15.4. The van der Waals surface area contributed by atoms with Crippen molar-refractivity contribution in [2.24, 2.45) is 5.92 Å². The Morgan fingerprint density at radius 1 is 1.09 bits per heavy atom. The maximum Gasteiger partial charge on any atom is 0.256 e. The standard InChI is InChI=1S/C24H23F2N3O3/c1-2-15-3-5-16(6-4-15)21-14-22(32-28-21)27-23(30)17-9-11-29(12-10-17)24(31)19-8-7-18(25)13-20(19)26/h3-8,13-14,17H,2,9-12H2,1H3,(H,27,30). The Balaban J connectivity index is 1.33. The van der Waals surface area contributed by atoms with Gasteiger partial charge in [0, 0.05) is 36.7 Å². The van der Waals surface area contributed by atoms with E-state index in [-0.39, 0.29) is 23.3 Å². The minimum Gasteiger partial charge on any atom is -0.339 e. The summed E-state index contributed by atoms with van der Waals surface area (Å²) in [4.78, 5) is 26.6. The van der Waals surface area contributed by atoms with Gasteiger partial charge >= 0.3 is 0 Å². The number of benzene rings is 2. The van der Waals surface area contributed by atoms with Crippen molar-refractivity contribution < 1.29 is 22.9 Å². The van der Waals surface area contributed by atoms with Gasteiger partial charge in [-0.15, -0.1) is 0 Å². The third kappa shape index (κ3) is 4.69. The molecule has 1 aliphatic rings. The summed E-state index contributed by atoms with van der Waals surface area (Å²) in [5.74, 6) is -2.39. The summed E-state index contributed by atoms with van der Waals surface area (Å²) in [5.41, 5.74) is 2.57. The fourth-order valence-electron chi connectivity index (χ4n) is 3.78. The van der Waals surface area contributed by atoms with Crippen molar-refractivity contribution in [1.82, 2.24) is 10.1 Å². The molecule has 1 aromatic heterocycles. The van der Waals surface area contributed by atoms with Gasteiger partial charge < -0.3 is 9.42 Å². The number of aromatic nitrogens is 1. The van der Waals surface area contributed by atoms with Crippen LogP contribution in [0.2, 0.25) is 0 Å². The monoisotopic (exact) mass is 439 g/mol. The number of carbonyl (C=O) groups is 2. The highest BCUT2D eigenvalue weighted by Crippen LogP contribution is 2.25. The van der Waals surface area contributed by atoms with Gasteiger partial charge in [0.15, 0.2) is 0 Å². The summed E-state index contributed by atoms with van der Waals surface area (Å²) >= 11 is 0. The Morgan fingerprint density at radius 3 is 2.47 bits per heavy atom. The number of anilines is 1. The number of halogens is 2. The number of likely N-dealkylation sites (tertiary alicyclic amines) is 1. The van der Waals surface area contributed by atoms with E-state index in [1.807, 2.05) is 24.3 Å². The van der Waals surface area contributed by atoms with Crippen LogP contribution in [0.3, 0.4) is 0 Å². The van der Waals surface area contributed by atoms with Gasteiger partial charge in [-0.25, -0.2) is 8.78 Å². The summed E-state index contributed by atoms with van der Waals surface area (Å²) in [7, 11) is 0. The molecule has 1 aliphatic heterocycles. The van der Waals surface area contributed by atoms with Gasteiger partial charge in [-0.2, -0.15) is 0 Å². The zero-order chi connectivity index (χ0) is 22.7. The molecule has 1 N–H and O–H groups in total. The molecule has 0 bridgehead atoms. The van der Waals surface area contributed by atoms with Gasteiger partial charge in [0.2, 0.25) is 11.8 Å². The van der Waals surface area contributed by atoms with Crippen LogP contribution in [0.25, 0.3) is 11.3 Å². The lowest BCUT2D eigenvalue weighted by Crippen LogP contribution is -2.41. The third-order valence-corrected chi connectivity index (χ3v) is 5.73. The molecule has 166 valence electrons. The highest BCUT2D eigenvalue weighted by atomic mass is 19.1. The first kappa shape index (κ1) is 21.7. The fraction of sp³-hybridized carbons (Fsp3) is 0.292. The lowest BCUT2D eigenvalue weighted by molar-refractivity contribution is -0.121. The van der Waals surface area contributed by atoms with E-state index in [2.05, 4.69) is 17.4 Å². The molecule has 0 saturated carbocycles. The molecule has 2 amide bonds. The largest absolute Gasteiger partial charge is 0.339 e. The van der Waals surface area contributed by atoms with Crippen LogP contribution in [-0.4, -0.2) is 35.0 Å². The molecule has 0 aliphatic carbocycles. The minimum absolute atomic E-state index is 0.171. The Labute approximate surface area is 184 Å². The topological polar surface area (TPSA) is 75.4 Å². The van der Waals surface area contributed by atoms with Crippen LogP contribution in [0.5, 0.6) is 0 Å². The van der Waals surface area contributed by atoms with Gasteiger partial charge in [-0.05, 0) is 37.0 Å². The second kappa shape index (κ2) is 9.30. The zero-order valence-corrected chi connectivity index (χ0v) is 17.6. The van der Waals surface area contributed by atoms with Gasteiger partial charge in [0.1, 0.15) is 17.3 Å². The van der Waals surface area contributed by atoms with E-state index < -0.39 is 17.5 Å². The van der Waals surface area contributed by atoms with Crippen LogP contribution in [0, 0.1) is 17.6 Å². The number of piperidine rings is 1. The predicted octanol–water partition coefficient (Wildman–Crippen LogP) is 4.67. The molecular weight excluding hydrogens is 416 g/mol. The molecule has 0 radical (unpaired) electrons. The van der Waals surface area contributed by atoms with E-state index in [1.54, 1.807) is 6.07 Å². The number of hydrogen-bond donors (Lipinski definition) is 1. The zero-order valence-electron chi connectivity index (χ0n) is 17.6. The Bertz CT molecular complexity index is 1120. The normalized spacial score (nSPS) is 14.4. The first-order valence-electron chi connectivity index (χ1n) is 10.6. The van der Waals surface area contributed by atoms with E-state index in [9.17, 15) is 18.4 Å². The molecule has 1 saturated heterocycles. The highest BCUT2D eigenvalue weighted by molar-refractivity contribution is 5.95. The maximum atomic E-state index is 13.9. The van der Waals surface area contributed by atoms with Crippen LogP contribution in [0.15, 0.2) is 53.1 Å². The Morgan fingerprint density at radius 2 is 1.81 bits per heavy atom. The van der Waals surface area contributed by atoms with E-state index >= 15 is 0 Å². The molecule has 2 aromatic carbocycles. The average molecular weight is 439 g/mol. The van der Waals surface area contributed by atoms with Crippen molar-refractivity contribution in [2.45, 2.75) is 26.2 Å². The number of rotatable bonds is 5. The molecule has 6 nitrogen and oxygen atoms in total. The van der Waals surface area contributed by atoms with Gasteiger partial charge in [-0.3, -0.25) is 14.9 Å². The molecule has 0 spiro atoms. The Hall–Kier alpha value is -3.55. The molecule has 8 heteroatoms. The van der Waals surface area contributed by atoms with Crippen LogP contribution < -0.4 is 5.32 Å². The number of aryl methyl sites for hydroxylation is 1. The smallest absolute Gasteiger partial charge is 0.256 e. The van der Waals surface area contributed by atoms with E-state index in [0.717, 1.165) is 24.1 Å². The number of nitrogens with one attached hydrogen (secondary N) is 1. The molecular formula is C24H23F2N3O3. The average Bonchev–Trinajstić information content (AvgIpc) is 3.27. The third-order valence-electron chi connectivity index (χ3n) is 5.73. The SMILES string of the molecule is CCc1ccc(-c2cc(NC(=O)C3CCN(C(=O)c4ccc(F)cc4F)CC3)on2)cc1. The number of carbonyl (C=O) groups excluding carboxylic acids is 2. The molecule has 1 fully saturated rings. The summed E-state index contributed by atoms with van der Waals surface area (Å²) in [5, 5.41) is 6.76. The fourth-order valence-corrected chi connectivity index (χ4v) is 3.78. The lowest BCUT2D eigenvalue weighted by atomic mass is 9.95.